The zero-order valence-corrected chi connectivity index (χ0v) is 14.3. The molecule has 2 aromatic rings. The van der Waals surface area contributed by atoms with E-state index in [4.69, 9.17) is 9.47 Å². The van der Waals surface area contributed by atoms with Crippen LogP contribution in [0.15, 0.2) is 48.5 Å². The van der Waals surface area contributed by atoms with E-state index in [-0.39, 0.29) is 18.6 Å². The molecule has 0 saturated heterocycles. The molecular weight excluding hydrogens is 339 g/mol. The molecule has 1 aliphatic rings. The zero-order chi connectivity index (χ0) is 18.5. The molecule has 1 atom stereocenters. The monoisotopic (exact) mass is 358 g/mol. The molecule has 2 amide bonds. The second kappa shape index (κ2) is 7.86. The summed E-state index contributed by atoms with van der Waals surface area (Å²) in [5, 5.41) is 2.53. The lowest BCUT2D eigenvalue weighted by Crippen LogP contribution is -2.45. The minimum atomic E-state index is -0.432. The number of hydrogen-bond donors (Lipinski definition) is 1. The van der Waals surface area contributed by atoms with Crippen molar-refractivity contribution >= 4 is 11.8 Å². The van der Waals surface area contributed by atoms with Crippen molar-refractivity contribution in [3.63, 3.8) is 0 Å². The number of ether oxygens (including phenoxy) is 2. The number of amides is 2. The fraction of sp³-hybridized carbons (Fsp3) is 0.263. The summed E-state index contributed by atoms with van der Waals surface area (Å²) in [4.78, 5) is 25.6. The lowest BCUT2D eigenvalue weighted by Gasteiger charge is -2.29. The first-order chi connectivity index (χ1) is 12.5. The van der Waals surface area contributed by atoms with Gasteiger partial charge in [0.25, 0.3) is 5.91 Å². The van der Waals surface area contributed by atoms with Gasteiger partial charge in [0.2, 0.25) is 5.91 Å². The van der Waals surface area contributed by atoms with E-state index in [0.717, 1.165) is 0 Å². The maximum Gasteiger partial charge on any atom is 0.251 e. The largest absolute Gasteiger partial charge is 0.486 e. The molecular formula is C19H19FN2O4. The Morgan fingerprint density at radius 3 is 2.58 bits per heavy atom. The summed E-state index contributed by atoms with van der Waals surface area (Å²) in [5.74, 6) is 0.216. The van der Waals surface area contributed by atoms with Crippen LogP contribution in [0.25, 0.3) is 0 Å². The number of fused-ring (bicyclic) bond motifs is 1. The van der Waals surface area contributed by atoms with Gasteiger partial charge in [-0.1, -0.05) is 12.1 Å². The van der Waals surface area contributed by atoms with Crippen LogP contribution in [0.4, 0.5) is 4.39 Å². The van der Waals surface area contributed by atoms with Crippen molar-refractivity contribution in [2.75, 3.05) is 26.7 Å². The van der Waals surface area contributed by atoms with Crippen LogP contribution in [0.5, 0.6) is 11.5 Å². The van der Waals surface area contributed by atoms with Crippen LogP contribution < -0.4 is 14.8 Å². The third-order valence-electron chi connectivity index (χ3n) is 3.98. The standard InChI is InChI=1S/C19H19FN2O4/c1-22(11-15-12-25-16-4-2-3-5-17(16)26-15)18(23)10-21-19(24)13-6-8-14(20)9-7-13/h2-9,15H,10-12H2,1H3,(H,21,24)/t15-/m1/s1. The summed E-state index contributed by atoms with van der Waals surface area (Å²) in [5.41, 5.74) is 0.294. The van der Waals surface area contributed by atoms with Crippen molar-refractivity contribution in [1.29, 1.82) is 0 Å². The number of nitrogens with one attached hydrogen (secondary N) is 1. The molecule has 7 heteroatoms. The molecule has 2 aromatic carbocycles. The van der Waals surface area contributed by atoms with Gasteiger partial charge in [-0.15, -0.1) is 0 Å². The first-order valence-corrected chi connectivity index (χ1v) is 8.19. The lowest BCUT2D eigenvalue weighted by molar-refractivity contribution is -0.130. The van der Waals surface area contributed by atoms with E-state index in [1.807, 2.05) is 24.3 Å². The highest BCUT2D eigenvalue weighted by molar-refractivity contribution is 5.96. The highest BCUT2D eigenvalue weighted by Gasteiger charge is 2.23. The van der Waals surface area contributed by atoms with Gasteiger partial charge in [-0.3, -0.25) is 9.59 Å². The van der Waals surface area contributed by atoms with Gasteiger partial charge in [-0.05, 0) is 36.4 Å². The summed E-state index contributed by atoms with van der Waals surface area (Å²) >= 11 is 0. The third-order valence-corrected chi connectivity index (χ3v) is 3.98. The van der Waals surface area contributed by atoms with Crippen LogP contribution in [-0.4, -0.2) is 49.6 Å². The van der Waals surface area contributed by atoms with E-state index < -0.39 is 11.7 Å². The minimum Gasteiger partial charge on any atom is -0.486 e. The van der Waals surface area contributed by atoms with Gasteiger partial charge in [0.1, 0.15) is 12.4 Å². The average Bonchev–Trinajstić information content (AvgIpc) is 2.66. The predicted molar refractivity (Wildman–Crippen MR) is 92.7 cm³/mol. The van der Waals surface area contributed by atoms with Crippen molar-refractivity contribution in [3.05, 3.63) is 59.9 Å². The van der Waals surface area contributed by atoms with E-state index >= 15 is 0 Å². The topological polar surface area (TPSA) is 67.9 Å². The van der Waals surface area contributed by atoms with Gasteiger partial charge < -0.3 is 19.7 Å². The fourth-order valence-electron chi connectivity index (χ4n) is 2.55. The van der Waals surface area contributed by atoms with Crippen LogP contribution >= 0.6 is 0 Å². The zero-order valence-electron chi connectivity index (χ0n) is 14.3. The number of hydrogen-bond acceptors (Lipinski definition) is 4. The van der Waals surface area contributed by atoms with E-state index in [1.165, 1.54) is 29.2 Å². The molecule has 0 aliphatic carbocycles. The lowest BCUT2D eigenvalue weighted by atomic mass is 10.2. The van der Waals surface area contributed by atoms with Gasteiger partial charge in [-0.2, -0.15) is 0 Å². The Balaban J connectivity index is 1.47. The van der Waals surface area contributed by atoms with E-state index in [1.54, 1.807) is 7.05 Å². The average molecular weight is 358 g/mol. The van der Waals surface area contributed by atoms with Crippen LogP contribution in [0, 0.1) is 5.82 Å². The number of halogens is 1. The first kappa shape index (κ1) is 17.7. The molecule has 136 valence electrons. The summed E-state index contributed by atoms with van der Waals surface area (Å²) in [6.07, 6.45) is -0.286. The summed E-state index contributed by atoms with van der Waals surface area (Å²) in [7, 11) is 1.64. The van der Waals surface area contributed by atoms with Crippen molar-refractivity contribution in [1.82, 2.24) is 10.2 Å². The van der Waals surface area contributed by atoms with Crippen molar-refractivity contribution in [2.24, 2.45) is 0 Å². The molecule has 0 saturated carbocycles. The second-order valence-corrected chi connectivity index (χ2v) is 5.96. The van der Waals surface area contributed by atoms with E-state index in [0.29, 0.717) is 30.2 Å². The highest BCUT2D eigenvalue weighted by Crippen LogP contribution is 2.30. The number of rotatable bonds is 5. The van der Waals surface area contributed by atoms with Crippen LogP contribution in [0.2, 0.25) is 0 Å². The number of nitrogens with zero attached hydrogens (tertiary/aromatic N) is 1. The van der Waals surface area contributed by atoms with Gasteiger partial charge in [-0.25, -0.2) is 4.39 Å². The number of likely N-dealkylation sites (N-methyl/N-ethyl adjacent to an activating group) is 1. The molecule has 0 bridgehead atoms. The Morgan fingerprint density at radius 2 is 1.85 bits per heavy atom. The number of benzene rings is 2. The van der Waals surface area contributed by atoms with E-state index in [9.17, 15) is 14.0 Å². The van der Waals surface area contributed by atoms with Crippen molar-refractivity contribution < 1.29 is 23.5 Å². The van der Waals surface area contributed by atoms with Gasteiger partial charge in [0.15, 0.2) is 17.6 Å². The molecule has 1 heterocycles. The predicted octanol–water partition coefficient (Wildman–Crippen LogP) is 1.85. The summed E-state index contributed by atoms with van der Waals surface area (Å²) < 4.78 is 24.3. The molecule has 0 unspecified atom stereocenters. The smallest absolute Gasteiger partial charge is 0.251 e. The SMILES string of the molecule is CN(C[C@@H]1COc2ccccc2O1)C(=O)CNC(=O)c1ccc(F)cc1. The van der Waals surface area contributed by atoms with Crippen LogP contribution in [0.3, 0.4) is 0 Å². The normalized spacial score (nSPS) is 15.2. The molecule has 0 aromatic heterocycles. The Bertz CT molecular complexity index is 794. The molecule has 0 spiro atoms. The Hall–Kier alpha value is -3.09. The quantitative estimate of drug-likeness (QED) is 0.886. The minimum absolute atomic E-state index is 0.156. The van der Waals surface area contributed by atoms with Gasteiger partial charge in [0, 0.05) is 12.6 Å². The molecule has 3 rings (SSSR count). The van der Waals surface area contributed by atoms with Gasteiger partial charge >= 0.3 is 0 Å². The van der Waals surface area contributed by atoms with Crippen LogP contribution in [-0.2, 0) is 4.79 Å². The number of para-hydroxylation sites is 2. The Morgan fingerprint density at radius 1 is 1.15 bits per heavy atom. The number of carbonyl (C=O) groups is 2. The second-order valence-electron chi connectivity index (χ2n) is 5.96. The summed E-state index contributed by atoms with van der Waals surface area (Å²) in [6.45, 7) is 0.521. The molecule has 6 nitrogen and oxygen atoms in total. The Kier molecular flexibility index (Phi) is 5.36. The molecule has 0 radical (unpaired) electrons. The maximum atomic E-state index is 12.9. The van der Waals surface area contributed by atoms with E-state index in [2.05, 4.69) is 5.32 Å². The first-order valence-electron chi connectivity index (χ1n) is 8.19. The maximum absolute atomic E-state index is 12.9. The van der Waals surface area contributed by atoms with Crippen molar-refractivity contribution in [2.45, 2.75) is 6.10 Å². The molecule has 1 N–H and O–H groups in total. The third kappa shape index (κ3) is 4.30. The molecule has 1 aliphatic heterocycles. The highest BCUT2D eigenvalue weighted by atomic mass is 19.1. The van der Waals surface area contributed by atoms with Crippen molar-refractivity contribution in [3.8, 4) is 11.5 Å². The Labute approximate surface area is 150 Å². The van der Waals surface area contributed by atoms with Gasteiger partial charge in [0.05, 0.1) is 13.1 Å². The summed E-state index contributed by atoms with van der Waals surface area (Å²) in [6, 6.07) is 12.5. The molecule has 26 heavy (non-hydrogen) atoms. The fourth-order valence-corrected chi connectivity index (χ4v) is 2.55. The van der Waals surface area contributed by atoms with Crippen LogP contribution in [0.1, 0.15) is 10.4 Å². The molecule has 0 fully saturated rings. The number of carbonyl (C=O) groups excluding carboxylic acids is 2.